The van der Waals surface area contributed by atoms with Crippen LogP contribution in [0.5, 0.6) is 0 Å². The smallest absolute Gasteiger partial charge is 0.103 e. The summed E-state index contributed by atoms with van der Waals surface area (Å²) in [6.07, 6.45) is 0. The number of thiazole rings is 1. The highest BCUT2D eigenvalue weighted by atomic mass is 32.2. The van der Waals surface area contributed by atoms with E-state index in [1.807, 2.05) is 23.1 Å². The van der Waals surface area contributed by atoms with E-state index in [4.69, 9.17) is 4.98 Å². The first-order valence-corrected chi connectivity index (χ1v) is 9.47. The van der Waals surface area contributed by atoms with Crippen molar-refractivity contribution in [3.63, 3.8) is 0 Å². The van der Waals surface area contributed by atoms with Crippen LogP contribution in [0.4, 0.5) is 0 Å². The lowest BCUT2D eigenvalue weighted by Gasteiger charge is -2.18. The standard InChI is InChI=1S/C16H30N2S2/c1-11(2)9-19-10-14-18-15(16(5,6)7)13(20-14)8-17-12(3)4/h11-12,17H,8-10H2,1-7H3. The predicted octanol–water partition coefficient (Wildman–Crippen LogP) is 4.83. The molecular formula is C16H30N2S2. The minimum absolute atomic E-state index is 0.130. The maximum absolute atomic E-state index is 4.91. The molecule has 0 fully saturated rings. The van der Waals surface area contributed by atoms with E-state index in [9.17, 15) is 0 Å². The first-order chi connectivity index (χ1) is 9.20. The SMILES string of the molecule is CC(C)CSCc1nc(C(C)(C)C)c(CNC(C)C)s1. The summed E-state index contributed by atoms with van der Waals surface area (Å²) in [5, 5.41) is 4.80. The Balaban J connectivity index is 2.77. The minimum atomic E-state index is 0.130. The first kappa shape index (κ1) is 18.0. The fraction of sp³-hybridized carbons (Fsp3) is 0.812. The molecule has 0 aliphatic rings. The number of rotatable bonds is 7. The molecule has 0 saturated carbocycles. The van der Waals surface area contributed by atoms with E-state index in [2.05, 4.69) is 53.8 Å². The van der Waals surface area contributed by atoms with E-state index in [1.54, 1.807) is 0 Å². The molecule has 20 heavy (non-hydrogen) atoms. The summed E-state index contributed by atoms with van der Waals surface area (Å²) < 4.78 is 0. The van der Waals surface area contributed by atoms with E-state index < -0.39 is 0 Å². The second-order valence-corrected chi connectivity index (χ2v) is 9.27. The van der Waals surface area contributed by atoms with Gasteiger partial charge in [0.1, 0.15) is 5.01 Å². The van der Waals surface area contributed by atoms with Crippen LogP contribution in [0.25, 0.3) is 0 Å². The zero-order valence-corrected chi connectivity index (χ0v) is 15.7. The molecule has 1 aromatic rings. The second-order valence-electron chi connectivity index (χ2n) is 7.07. The summed E-state index contributed by atoms with van der Waals surface area (Å²) in [4.78, 5) is 6.32. The van der Waals surface area contributed by atoms with Crippen molar-refractivity contribution in [2.75, 3.05) is 5.75 Å². The summed E-state index contributed by atoms with van der Waals surface area (Å²) in [5.74, 6) is 3.02. The fourth-order valence-corrected chi connectivity index (χ4v) is 4.19. The van der Waals surface area contributed by atoms with Gasteiger partial charge in [-0.1, -0.05) is 48.5 Å². The van der Waals surface area contributed by atoms with Gasteiger partial charge in [0.05, 0.1) is 5.69 Å². The minimum Gasteiger partial charge on any atom is -0.310 e. The van der Waals surface area contributed by atoms with Gasteiger partial charge in [-0.25, -0.2) is 4.98 Å². The molecule has 0 spiro atoms. The van der Waals surface area contributed by atoms with Crippen molar-refractivity contribution in [2.24, 2.45) is 5.92 Å². The maximum atomic E-state index is 4.91. The normalized spacial score (nSPS) is 12.7. The zero-order chi connectivity index (χ0) is 15.3. The molecule has 0 aliphatic heterocycles. The monoisotopic (exact) mass is 314 g/mol. The van der Waals surface area contributed by atoms with Crippen LogP contribution in [0, 0.1) is 5.92 Å². The number of nitrogens with zero attached hydrogens (tertiary/aromatic N) is 1. The van der Waals surface area contributed by atoms with Crippen molar-refractivity contribution in [1.29, 1.82) is 0 Å². The molecule has 0 radical (unpaired) electrons. The van der Waals surface area contributed by atoms with Gasteiger partial charge < -0.3 is 5.32 Å². The van der Waals surface area contributed by atoms with Gasteiger partial charge in [0.2, 0.25) is 0 Å². The molecule has 0 bridgehead atoms. The van der Waals surface area contributed by atoms with Crippen LogP contribution >= 0.6 is 23.1 Å². The van der Waals surface area contributed by atoms with Crippen LogP contribution in [0.2, 0.25) is 0 Å². The molecule has 1 rings (SSSR count). The van der Waals surface area contributed by atoms with E-state index in [1.165, 1.54) is 21.3 Å². The highest BCUT2D eigenvalue weighted by Gasteiger charge is 2.23. The average molecular weight is 315 g/mol. The number of hydrogen-bond acceptors (Lipinski definition) is 4. The molecule has 0 aromatic carbocycles. The van der Waals surface area contributed by atoms with Crippen LogP contribution in [-0.2, 0) is 17.7 Å². The lowest BCUT2D eigenvalue weighted by Crippen LogP contribution is -2.23. The molecule has 0 saturated heterocycles. The number of thioether (sulfide) groups is 1. The van der Waals surface area contributed by atoms with Crippen molar-refractivity contribution in [2.45, 2.75) is 72.2 Å². The van der Waals surface area contributed by atoms with E-state index in [0.29, 0.717) is 6.04 Å². The Kier molecular flexibility index (Phi) is 7.02. The molecule has 0 unspecified atom stereocenters. The number of aromatic nitrogens is 1. The van der Waals surface area contributed by atoms with E-state index in [-0.39, 0.29) is 5.41 Å². The summed E-state index contributed by atoms with van der Waals surface area (Å²) in [6.45, 7) is 16.6. The molecule has 2 nitrogen and oxygen atoms in total. The fourth-order valence-electron chi connectivity index (χ4n) is 1.85. The van der Waals surface area contributed by atoms with Gasteiger partial charge in [-0.05, 0) is 11.7 Å². The largest absolute Gasteiger partial charge is 0.310 e. The third kappa shape index (κ3) is 6.15. The van der Waals surface area contributed by atoms with Gasteiger partial charge in [-0.15, -0.1) is 11.3 Å². The van der Waals surface area contributed by atoms with Gasteiger partial charge in [-0.3, -0.25) is 0 Å². The highest BCUT2D eigenvalue weighted by molar-refractivity contribution is 7.98. The Morgan fingerprint density at radius 3 is 2.35 bits per heavy atom. The van der Waals surface area contributed by atoms with Crippen molar-refractivity contribution in [3.05, 3.63) is 15.6 Å². The molecule has 1 heterocycles. The Bertz CT molecular complexity index is 403. The molecule has 0 amide bonds. The van der Waals surface area contributed by atoms with Crippen LogP contribution in [-0.4, -0.2) is 16.8 Å². The van der Waals surface area contributed by atoms with Crippen LogP contribution < -0.4 is 5.32 Å². The molecule has 4 heteroatoms. The molecular weight excluding hydrogens is 284 g/mol. The Morgan fingerprint density at radius 1 is 1.20 bits per heavy atom. The van der Waals surface area contributed by atoms with Crippen LogP contribution in [0.1, 0.15) is 64.0 Å². The summed E-state index contributed by atoms with van der Waals surface area (Å²) >= 11 is 3.88. The molecule has 116 valence electrons. The summed E-state index contributed by atoms with van der Waals surface area (Å²) in [6, 6.07) is 0.517. The highest BCUT2D eigenvalue weighted by Crippen LogP contribution is 2.31. The summed E-state index contributed by atoms with van der Waals surface area (Å²) in [7, 11) is 0. The van der Waals surface area contributed by atoms with E-state index >= 15 is 0 Å². The first-order valence-electron chi connectivity index (χ1n) is 7.50. The van der Waals surface area contributed by atoms with Crippen molar-refractivity contribution < 1.29 is 0 Å². The topological polar surface area (TPSA) is 24.9 Å². The third-order valence-electron chi connectivity index (χ3n) is 2.80. The van der Waals surface area contributed by atoms with Crippen molar-refractivity contribution >= 4 is 23.1 Å². The Morgan fingerprint density at radius 2 is 1.85 bits per heavy atom. The van der Waals surface area contributed by atoms with Gasteiger partial charge in [0.25, 0.3) is 0 Å². The molecule has 0 atom stereocenters. The molecule has 1 N–H and O–H groups in total. The number of nitrogens with one attached hydrogen (secondary N) is 1. The van der Waals surface area contributed by atoms with Gasteiger partial charge in [0, 0.05) is 28.6 Å². The van der Waals surface area contributed by atoms with Crippen LogP contribution in [0.3, 0.4) is 0 Å². The lowest BCUT2D eigenvalue weighted by molar-refractivity contribution is 0.545. The molecule has 1 aromatic heterocycles. The Labute approximate surface area is 133 Å². The van der Waals surface area contributed by atoms with E-state index in [0.717, 1.165) is 18.2 Å². The Hall–Kier alpha value is -0.0600. The van der Waals surface area contributed by atoms with Crippen molar-refractivity contribution in [1.82, 2.24) is 10.3 Å². The quantitative estimate of drug-likeness (QED) is 0.780. The van der Waals surface area contributed by atoms with Crippen LogP contribution in [0.15, 0.2) is 0 Å². The summed E-state index contributed by atoms with van der Waals surface area (Å²) in [5.41, 5.74) is 1.40. The third-order valence-corrected chi connectivity index (χ3v) is 5.42. The predicted molar refractivity (Wildman–Crippen MR) is 93.8 cm³/mol. The zero-order valence-electron chi connectivity index (χ0n) is 14.0. The molecule has 0 aliphatic carbocycles. The number of hydrogen-bond donors (Lipinski definition) is 1. The second kappa shape index (κ2) is 7.81. The van der Waals surface area contributed by atoms with Gasteiger partial charge in [-0.2, -0.15) is 11.8 Å². The average Bonchev–Trinajstić information content (AvgIpc) is 2.69. The van der Waals surface area contributed by atoms with Gasteiger partial charge in [0.15, 0.2) is 0 Å². The van der Waals surface area contributed by atoms with Gasteiger partial charge >= 0.3 is 0 Å². The maximum Gasteiger partial charge on any atom is 0.103 e. The van der Waals surface area contributed by atoms with Crippen molar-refractivity contribution in [3.8, 4) is 0 Å². The lowest BCUT2D eigenvalue weighted by atomic mass is 9.91.